The lowest BCUT2D eigenvalue weighted by Crippen LogP contribution is -2.00. The van der Waals surface area contributed by atoms with Crippen LogP contribution in [-0.2, 0) is 0 Å². The zero-order valence-electron chi connectivity index (χ0n) is 9.09. The first-order valence-corrected chi connectivity index (χ1v) is 5.05. The molecule has 0 radical (unpaired) electrons. The summed E-state index contributed by atoms with van der Waals surface area (Å²) in [6, 6.07) is 6.93. The highest BCUT2D eigenvalue weighted by Gasteiger charge is 2.04. The minimum Gasteiger partial charge on any atom is -0.494 e. The number of rotatable bonds is 6. The second-order valence-corrected chi connectivity index (χ2v) is 3.09. The van der Waals surface area contributed by atoms with Gasteiger partial charge in [-0.05, 0) is 36.7 Å². The Hall–Kier alpha value is -2.00. The van der Waals surface area contributed by atoms with E-state index in [2.05, 4.69) is 10.0 Å². The van der Waals surface area contributed by atoms with E-state index in [1.165, 1.54) is 0 Å². The minimum atomic E-state index is -0.0320. The Kier molecular flexibility index (Phi) is 4.89. The number of carbonyl (C=O) groups is 1. The van der Waals surface area contributed by atoms with E-state index in [9.17, 15) is 4.79 Å². The van der Waals surface area contributed by atoms with Crippen molar-refractivity contribution in [3.05, 3.63) is 40.3 Å². The van der Waals surface area contributed by atoms with Crippen molar-refractivity contribution in [3.8, 4) is 5.75 Å². The van der Waals surface area contributed by atoms with Crippen LogP contribution in [0.3, 0.4) is 0 Å². The van der Waals surface area contributed by atoms with Crippen molar-refractivity contribution in [2.24, 2.45) is 5.11 Å². The van der Waals surface area contributed by atoms with Crippen LogP contribution in [0.4, 0.5) is 0 Å². The van der Waals surface area contributed by atoms with Crippen LogP contribution in [0, 0.1) is 0 Å². The molecule has 0 bridgehead atoms. The number of benzene rings is 1. The van der Waals surface area contributed by atoms with Gasteiger partial charge in [0.1, 0.15) is 5.75 Å². The van der Waals surface area contributed by atoms with Gasteiger partial charge in [0, 0.05) is 23.4 Å². The summed E-state index contributed by atoms with van der Waals surface area (Å²) >= 11 is 0. The number of nitrogens with zero attached hydrogens (tertiary/aromatic N) is 3. The van der Waals surface area contributed by atoms with Crippen molar-refractivity contribution in [3.63, 3.8) is 0 Å². The number of hydrogen-bond donors (Lipinski definition) is 0. The molecule has 0 fully saturated rings. The molecular weight excluding hydrogens is 206 g/mol. The van der Waals surface area contributed by atoms with Gasteiger partial charge in [0.15, 0.2) is 5.78 Å². The fourth-order valence-electron chi connectivity index (χ4n) is 1.24. The van der Waals surface area contributed by atoms with Crippen molar-refractivity contribution < 1.29 is 9.53 Å². The highest BCUT2D eigenvalue weighted by molar-refractivity contribution is 5.96. The summed E-state index contributed by atoms with van der Waals surface area (Å²) < 4.78 is 5.26. The summed E-state index contributed by atoms with van der Waals surface area (Å²) in [6.45, 7) is 2.70. The van der Waals surface area contributed by atoms with Gasteiger partial charge in [0.25, 0.3) is 0 Å². The molecule has 5 nitrogen and oxygen atoms in total. The molecule has 16 heavy (non-hydrogen) atoms. The highest BCUT2D eigenvalue weighted by Crippen LogP contribution is 2.13. The predicted octanol–water partition coefficient (Wildman–Crippen LogP) is 2.97. The molecule has 0 aliphatic carbocycles. The fraction of sp³-hybridized carbons (Fsp3) is 0.364. The minimum absolute atomic E-state index is 0.0320. The molecule has 0 spiro atoms. The van der Waals surface area contributed by atoms with Crippen LogP contribution in [0.1, 0.15) is 23.7 Å². The summed E-state index contributed by atoms with van der Waals surface area (Å²) in [4.78, 5) is 14.2. The van der Waals surface area contributed by atoms with E-state index in [1.54, 1.807) is 24.3 Å². The molecule has 1 aromatic carbocycles. The van der Waals surface area contributed by atoms with Crippen molar-refractivity contribution in [2.75, 3.05) is 13.2 Å². The molecule has 0 saturated heterocycles. The number of carbonyl (C=O) groups excluding carboxylic acids is 1. The average Bonchev–Trinajstić information content (AvgIpc) is 2.30. The quantitative estimate of drug-likeness (QED) is 0.319. The molecule has 0 heterocycles. The van der Waals surface area contributed by atoms with E-state index in [0.717, 1.165) is 5.75 Å². The normalized spacial score (nSPS) is 9.31. The molecule has 5 heteroatoms. The molecular formula is C11H13N3O2. The first kappa shape index (κ1) is 12.1. The smallest absolute Gasteiger partial charge is 0.163 e. The molecule has 1 rings (SSSR count). The van der Waals surface area contributed by atoms with Gasteiger partial charge in [-0.2, -0.15) is 0 Å². The maximum atomic E-state index is 11.6. The molecule has 0 unspecified atom stereocenters. The van der Waals surface area contributed by atoms with Crippen LogP contribution < -0.4 is 4.74 Å². The van der Waals surface area contributed by atoms with Crippen LogP contribution in [0.5, 0.6) is 5.75 Å². The maximum absolute atomic E-state index is 11.6. The first-order chi connectivity index (χ1) is 7.77. The number of Topliss-reactive ketones (excluding diaryl/α,β-unsaturated/α-hetero) is 1. The van der Waals surface area contributed by atoms with Crippen LogP contribution in [0.15, 0.2) is 29.4 Å². The van der Waals surface area contributed by atoms with Crippen LogP contribution in [0.25, 0.3) is 10.4 Å². The molecule has 0 aliphatic rings. The van der Waals surface area contributed by atoms with E-state index in [0.29, 0.717) is 12.2 Å². The third kappa shape index (κ3) is 3.63. The number of ketones is 1. The lowest BCUT2D eigenvalue weighted by Gasteiger charge is -2.03. The average molecular weight is 219 g/mol. The predicted molar refractivity (Wildman–Crippen MR) is 60.6 cm³/mol. The standard InChI is InChI=1S/C11H13N3O2/c1-2-16-10-5-3-9(4-6-10)11(15)7-8-13-14-12/h3-6H,2,7-8H2,1H3. The second-order valence-electron chi connectivity index (χ2n) is 3.09. The zero-order chi connectivity index (χ0) is 11.8. The monoisotopic (exact) mass is 219 g/mol. The maximum Gasteiger partial charge on any atom is 0.163 e. The van der Waals surface area contributed by atoms with Crippen molar-refractivity contribution in [1.82, 2.24) is 0 Å². The van der Waals surface area contributed by atoms with E-state index in [1.807, 2.05) is 6.92 Å². The Morgan fingerprint density at radius 2 is 2.12 bits per heavy atom. The first-order valence-electron chi connectivity index (χ1n) is 5.05. The molecule has 0 amide bonds. The third-order valence-corrected chi connectivity index (χ3v) is 1.99. The van der Waals surface area contributed by atoms with E-state index < -0.39 is 0 Å². The highest BCUT2D eigenvalue weighted by atomic mass is 16.5. The van der Waals surface area contributed by atoms with Gasteiger partial charge in [0.05, 0.1) is 6.61 Å². The topological polar surface area (TPSA) is 75.1 Å². The van der Waals surface area contributed by atoms with Gasteiger partial charge < -0.3 is 4.74 Å². The lowest BCUT2D eigenvalue weighted by molar-refractivity contribution is 0.0985. The van der Waals surface area contributed by atoms with Crippen molar-refractivity contribution in [1.29, 1.82) is 0 Å². The van der Waals surface area contributed by atoms with Gasteiger partial charge in [-0.25, -0.2) is 0 Å². The van der Waals surface area contributed by atoms with E-state index in [4.69, 9.17) is 10.3 Å². The van der Waals surface area contributed by atoms with E-state index >= 15 is 0 Å². The Balaban J connectivity index is 2.59. The second kappa shape index (κ2) is 6.48. The Morgan fingerprint density at radius 1 is 1.44 bits per heavy atom. The summed E-state index contributed by atoms with van der Waals surface area (Å²) in [5, 5.41) is 3.32. The molecule has 0 atom stereocenters. The summed E-state index contributed by atoms with van der Waals surface area (Å²) in [7, 11) is 0. The largest absolute Gasteiger partial charge is 0.494 e. The van der Waals surface area contributed by atoms with Gasteiger partial charge in [-0.15, -0.1) is 0 Å². The summed E-state index contributed by atoms with van der Waals surface area (Å²) in [5.74, 6) is 0.713. The summed E-state index contributed by atoms with van der Waals surface area (Å²) in [6.07, 6.45) is 0.234. The zero-order valence-corrected chi connectivity index (χ0v) is 9.09. The van der Waals surface area contributed by atoms with Crippen LogP contribution in [-0.4, -0.2) is 18.9 Å². The molecule has 84 valence electrons. The summed E-state index contributed by atoms with van der Waals surface area (Å²) in [5.41, 5.74) is 8.68. The molecule has 1 aromatic rings. The van der Waals surface area contributed by atoms with Crippen molar-refractivity contribution >= 4 is 5.78 Å². The SMILES string of the molecule is CCOc1ccc(C(=O)CCN=[N+]=[N-])cc1. The van der Waals surface area contributed by atoms with Gasteiger partial charge >= 0.3 is 0 Å². The van der Waals surface area contributed by atoms with Crippen molar-refractivity contribution in [2.45, 2.75) is 13.3 Å². The van der Waals surface area contributed by atoms with Gasteiger partial charge in [-0.3, -0.25) is 4.79 Å². The molecule has 0 aliphatic heterocycles. The molecule has 0 saturated carbocycles. The van der Waals surface area contributed by atoms with Crippen LogP contribution >= 0.6 is 0 Å². The lowest BCUT2D eigenvalue weighted by atomic mass is 10.1. The van der Waals surface area contributed by atoms with Gasteiger partial charge in [-0.1, -0.05) is 5.11 Å². The Bertz CT molecular complexity index is 394. The van der Waals surface area contributed by atoms with Crippen LogP contribution in [0.2, 0.25) is 0 Å². The third-order valence-electron chi connectivity index (χ3n) is 1.99. The molecule has 0 N–H and O–H groups in total. The Labute approximate surface area is 93.7 Å². The number of ether oxygens (including phenoxy) is 1. The van der Waals surface area contributed by atoms with E-state index in [-0.39, 0.29) is 18.7 Å². The molecule has 0 aromatic heterocycles. The Morgan fingerprint density at radius 3 is 2.69 bits per heavy atom. The number of hydrogen-bond acceptors (Lipinski definition) is 3. The number of azide groups is 1. The van der Waals surface area contributed by atoms with Gasteiger partial charge in [0.2, 0.25) is 0 Å². The fourth-order valence-corrected chi connectivity index (χ4v) is 1.24.